The molecule has 0 amide bonds. The molecule has 0 saturated carbocycles. The van der Waals surface area contributed by atoms with E-state index in [-0.39, 0.29) is 5.56 Å². The van der Waals surface area contributed by atoms with E-state index in [9.17, 15) is 9.59 Å². The van der Waals surface area contributed by atoms with E-state index in [1.165, 1.54) is 31.0 Å². The Bertz CT molecular complexity index is 1120. The molecule has 0 unspecified atom stereocenters. The SMILES string of the molecule is COC(=O)c1ccc2c(=O)[nH]c(CSC(N)=Nc3cc(C)cc(C)c3)nc2c1. The van der Waals surface area contributed by atoms with Gasteiger partial charge in [-0.25, -0.2) is 14.8 Å². The van der Waals surface area contributed by atoms with Crippen LogP contribution in [0.4, 0.5) is 5.69 Å². The van der Waals surface area contributed by atoms with E-state index in [2.05, 4.69) is 21.0 Å². The summed E-state index contributed by atoms with van der Waals surface area (Å²) in [5.41, 5.74) is 9.50. The standard InChI is InChI=1S/C20H20N4O3S/c1-11-6-12(2)8-14(7-11)22-20(21)28-10-17-23-16-9-13(19(26)27-3)4-5-15(16)18(25)24-17/h4-9H,10H2,1-3H3,(H2,21,22)(H,23,24,25). The van der Waals surface area contributed by atoms with Crippen LogP contribution in [-0.2, 0) is 10.5 Å². The number of benzene rings is 2. The summed E-state index contributed by atoms with van der Waals surface area (Å²) in [5.74, 6) is 0.307. The molecule has 0 atom stereocenters. The number of thioether (sulfide) groups is 1. The van der Waals surface area contributed by atoms with Gasteiger partial charge in [0.05, 0.1) is 35.0 Å². The lowest BCUT2D eigenvalue weighted by Crippen LogP contribution is -2.14. The second-order valence-corrected chi connectivity index (χ2v) is 7.32. The Balaban J connectivity index is 1.82. The van der Waals surface area contributed by atoms with Gasteiger partial charge in [0.2, 0.25) is 0 Å². The molecule has 7 nitrogen and oxygen atoms in total. The Morgan fingerprint density at radius 2 is 1.93 bits per heavy atom. The number of aliphatic imine (C=N–C) groups is 1. The van der Waals surface area contributed by atoms with E-state index in [0.29, 0.717) is 33.2 Å². The van der Waals surface area contributed by atoms with Gasteiger partial charge in [0, 0.05) is 0 Å². The van der Waals surface area contributed by atoms with E-state index in [1.54, 1.807) is 6.07 Å². The van der Waals surface area contributed by atoms with Crippen LogP contribution in [-0.4, -0.2) is 28.2 Å². The molecule has 0 spiro atoms. The Morgan fingerprint density at radius 3 is 2.61 bits per heavy atom. The van der Waals surface area contributed by atoms with Crippen LogP contribution in [0.25, 0.3) is 10.9 Å². The van der Waals surface area contributed by atoms with Gasteiger partial charge in [-0.3, -0.25) is 4.79 Å². The number of nitrogens with two attached hydrogens (primary N) is 1. The number of hydrogen-bond donors (Lipinski definition) is 2. The number of methoxy groups -OCH3 is 1. The topological polar surface area (TPSA) is 110 Å². The minimum absolute atomic E-state index is 0.276. The van der Waals surface area contributed by atoms with Crippen molar-refractivity contribution < 1.29 is 9.53 Å². The number of aromatic amines is 1. The lowest BCUT2D eigenvalue weighted by molar-refractivity contribution is 0.0601. The Morgan fingerprint density at radius 1 is 1.21 bits per heavy atom. The van der Waals surface area contributed by atoms with Crippen molar-refractivity contribution in [3.05, 3.63) is 69.3 Å². The lowest BCUT2D eigenvalue weighted by Gasteiger charge is -2.05. The van der Waals surface area contributed by atoms with Gasteiger partial charge in [-0.1, -0.05) is 17.8 Å². The molecule has 0 fully saturated rings. The molecule has 8 heteroatoms. The summed E-state index contributed by atoms with van der Waals surface area (Å²) in [6.07, 6.45) is 0. The summed E-state index contributed by atoms with van der Waals surface area (Å²) in [5, 5.41) is 0.773. The highest BCUT2D eigenvalue weighted by Gasteiger charge is 2.10. The largest absolute Gasteiger partial charge is 0.465 e. The normalized spacial score (nSPS) is 11.6. The maximum absolute atomic E-state index is 12.3. The maximum atomic E-state index is 12.3. The minimum Gasteiger partial charge on any atom is -0.465 e. The smallest absolute Gasteiger partial charge is 0.337 e. The first kappa shape index (κ1) is 19.6. The average molecular weight is 396 g/mol. The monoisotopic (exact) mass is 396 g/mol. The summed E-state index contributed by atoms with van der Waals surface area (Å²) < 4.78 is 4.71. The van der Waals surface area contributed by atoms with Crippen LogP contribution in [0.1, 0.15) is 27.3 Å². The molecule has 3 rings (SSSR count). The zero-order valence-corrected chi connectivity index (χ0v) is 16.6. The summed E-state index contributed by atoms with van der Waals surface area (Å²) >= 11 is 1.27. The van der Waals surface area contributed by atoms with Crippen LogP contribution in [0.3, 0.4) is 0 Å². The molecule has 1 aromatic heterocycles. The average Bonchev–Trinajstić information content (AvgIpc) is 2.64. The molecule has 3 N–H and O–H groups in total. The number of hydrogen-bond acceptors (Lipinski definition) is 6. The van der Waals surface area contributed by atoms with Gasteiger partial charge in [-0.05, 0) is 55.3 Å². The third-order valence-corrected chi connectivity index (χ3v) is 4.78. The zero-order valence-electron chi connectivity index (χ0n) is 15.8. The van der Waals surface area contributed by atoms with Crippen molar-refractivity contribution in [2.24, 2.45) is 10.7 Å². The third kappa shape index (κ3) is 4.58. The minimum atomic E-state index is -0.482. The summed E-state index contributed by atoms with van der Waals surface area (Å²) in [6.45, 7) is 4.00. The molecule has 0 aliphatic heterocycles. The van der Waals surface area contributed by atoms with Gasteiger partial charge in [0.15, 0.2) is 5.17 Å². The van der Waals surface area contributed by atoms with E-state index >= 15 is 0 Å². The number of nitrogens with zero attached hydrogens (tertiary/aromatic N) is 2. The molecular weight excluding hydrogens is 376 g/mol. The number of esters is 1. The molecule has 0 aliphatic rings. The van der Waals surface area contributed by atoms with E-state index < -0.39 is 5.97 Å². The van der Waals surface area contributed by atoms with Crippen LogP contribution >= 0.6 is 11.8 Å². The predicted molar refractivity (Wildman–Crippen MR) is 112 cm³/mol. The first-order valence-electron chi connectivity index (χ1n) is 8.52. The van der Waals surface area contributed by atoms with Crippen molar-refractivity contribution in [3.63, 3.8) is 0 Å². The summed E-state index contributed by atoms with van der Waals surface area (Å²) in [7, 11) is 1.30. The zero-order chi connectivity index (χ0) is 20.3. The van der Waals surface area contributed by atoms with Gasteiger partial charge in [0.25, 0.3) is 5.56 Å². The molecule has 144 valence electrons. The van der Waals surface area contributed by atoms with Crippen LogP contribution < -0.4 is 11.3 Å². The Labute approximate surface area is 166 Å². The number of amidine groups is 1. The first-order chi connectivity index (χ1) is 13.4. The van der Waals surface area contributed by atoms with Crippen LogP contribution in [0, 0.1) is 13.8 Å². The molecule has 0 bridgehead atoms. The number of aromatic nitrogens is 2. The van der Waals surface area contributed by atoms with Gasteiger partial charge < -0.3 is 15.5 Å². The maximum Gasteiger partial charge on any atom is 0.337 e. The fourth-order valence-electron chi connectivity index (χ4n) is 2.82. The number of nitrogens with one attached hydrogen (secondary N) is 1. The summed E-state index contributed by atoms with van der Waals surface area (Å²) in [4.78, 5) is 35.5. The molecule has 0 radical (unpaired) electrons. The van der Waals surface area contributed by atoms with Crippen molar-refractivity contribution in [2.45, 2.75) is 19.6 Å². The molecule has 2 aromatic carbocycles. The quantitative estimate of drug-likeness (QED) is 0.398. The third-order valence-electron chi connectivity index (χ3n) is 3.98. The number of rotatable bonds is 4. The Kier molecular flexibility index (Phi) is 5.79. The fourth-order valence-corrected chi connectivity index (χ4v) is 3.41. The molecule has 3 aromatic rings. The molecule has 0 saturated heterocycles. The first-order valence-corrected chi connectivity index (χ1v) is 9.51. The molecule has 0 aliphatic carbocycles. The fraction of sp³-hybridized carbons (Fsp3) is 0.200. The highest BCUT2D eigenvalue weighted by molar-refractivity contribution is 8.13. The van der Waals surface area contributed by atoms with Gasteiger partial charge >= 0.3 is 5.97 Å². The van der Waals surface area contributed by atoms with Crippen molar-refractivity contribution in [2.75, 3.05) is 7.11 Å². The van der Waals surface area contributed by atoms with E-state index in [1.807, 2.05) is 26.0 Å². The van der Waals surface area contributed by atoms with Crippen LogP contribution in [0.15, 0.2) is 46.2 Å². The number of carbonyl (C=O) groups excluding carboxylic acids is 1. The predicted octanol–water partition coefficient (Wildman–Crippen LogP) is 3.21. The van der Waals surface area contributed by atoms with Crippen molar-refractivity contribution in [3.8, 4) is 0 Å². The number of aryl methyl sites for hydroxylation is 2. The van der Waals surface area contributed by atoms with Crippen molar-refractivity contribution >= 4 is 39.5 Å². The van der Waals surface area contributed by atoms with Gasteiger partial charge in [0.1, 0.15) is 5.82 Å². The summed E-state index contributed by atoms with van der Waals surface area (Å²) in [6, 6.07) is 10.6. The number of carbonyl (C=O) groups is 1. The van der Waals surface area contributed by atoms with Crippen molar-refractivity contribution in [1.82, 2.24) is 9.97 Å². The molecule has 1 heterocycles. The Hall–Kier alpha value is -3.13. The molecular formula is C20H20N4O3S. The number of fused-ring (bicyclic) bond motifs is 1. The lowest BCUT2D eigenvalue weighted by atomic mass is 10.1. The second-order valence-electron chi connectivity index (χ2n) is 6.32. The van der Waals surface area contributed by atoms with Crippen LogP contribution in [0.2, 0.25) is 0 Å². The van der Waals surface area contributed by atoms with Crippen molar-refractivity contribution in [1.29, 1.82) is 0 Å². The number of ether oxygens (including phenoxy) is 1. The van der Waals surface area contributed by atoms with Gasteiger partial charge in [-0.2, -0.15) is 0 Å². The van der Waals surface area contributed by atoms with E-state index in [4.69, 9.17) is 10.5 Å². The van der Waals surface area contributed by atoms with Crippen LogP contribution in [0.5, 0.6) is 0 Å². The highest BCUT2D eigenvalue weighted by Crippen LogP contribution is 2.20. The second kappa shape index (κ2) is 8.26. The van der Waals surface area contributed by atoms with E-state index in [0.717, 1.165) is 16.8 Å². The molecule has 28 heavy (non-hydrogen) atoms. The highest BCUT2D eigenvalue weighted by atomic mass is 32.2. The van der Waals surface area contributed by atoms with Gasteiger partial charge in [-0.15, -0.1) is 0 Å². The number of H-pyrrole nitrogens is 1.